The molecule has 10 heteroatoms. The minimum atomic E-state index is -0.254. The van der Waals surface area contributed by atoms with Crippen LogP contribution in [0.4, 0.5) is 0 Å². The van der Waals surface area contributed by atoms with Gasteiger partial charge in [0.1, 0.15) is 12.4 Å². The Bertz CT molecular complexity index is 1510. The fraction of sp³-hybridized carbons (Fsp3) is 0.160. The fourth-order valence-electron chi connectivity index (χ4n) is 3.37. The van der Waals surface area contributed by atoms with Crippen molar-refractivity contribution in [2.24, 2.45) is 5.10 Å². The zero-order valence-electron chi connectivity index (χ0n) is 18.7. The third-order valence-corrected chi connectivity index (χ3v) is 6.81. The van der Waals surface area contributed by atoms with E-state index in [1.54, 1.807) is 43.5 Å². The van der Waals surface area contributed by atoms with Crippen LogP contribution in [0.2, 0.25) is 10.0 Å². The van der Waals surface area contributed by atoms with Gasteiger partial charge >= 0.3 is 0 Å². The van der Waals surface area contributed by atoms with Crippen molar-refractivity contribution in [2.45, 2.75) is 20.5 Å². The van der Waals surface area contributed by atoms with Crippen LogP contribution in [0.3, 0.4) is 0 Å². The molecule has 0 spiro atoms. The molecule has 0 aliphatic heterocycles. The first-order chi connectivity index (χ1) is 16.8. The SMILES string of the molecule is CCOc1cc(C=Nn2c(C)nc3ccc(Br)cc3c2=O)cc(Br)c1OCc1ccc(Cl)c(Cl)c1. The molecule has 0 aliphatic carbocycles. The van der Waals surface area contributed by atoms with Crippen molar-refractivity contribution in [3.05, 3.63) is 94.8 Å². The first-order valence-corrected chi connectivity index (χ1v) is 12.9. The van der Waals surface area contributed by atoms with E-state index in [1.165, 1.54) is 4.68 Å². The number of aromatic nitrogens is 2. The number of hydrogen-bond acceptors (Lipinski definition) is 5. The molecule has 4 rings (SSSR count). The lowest BCUT2D eigenvalue weighted by Crippen LogP contribution is -2.20. The molecule has 180 valence electrons. The number of ether oxygens (including phenoxy) is 2. The Morgan fingerprint density at radius 3 is 2.60 bits per heavy atom. The standard InChI is InChI=1S/C25H19Br2Cl2N3O3/c1-3-34-23-10-16(8-19(27)24(23)35-13-15-4-6-20(28)21(29)9-15)12-30-32-14(2)31-22-7-5-17(26)11-18(22)25(32)33/h4-12H,3,13H2,1-2H3. The van der Waals surface area contributed by atoms with E-state index in [-0.39, 0.29) is 12.2 Å². The van der Waals surface area contributed by atoms with Gasteiger partial charge in [-0.3, -0.25) is 4.79 Å². The van der Waals surface area contributed by atoms with Gasteiger partial charge in [-0.2, -0.15) is 9.78 Å². The molecule has 0 atom stereocenters. The highest BCUT2D eigenvalue weighted by molar-refractivity contribution is 9.10. The summed E-state index contributed by atoms with van der Waals surface area (Å²) >= 11 is 19.1. The molecule has 0 saturated carbocycles. The van der Waals surface area contributed by atoms with Crippen LogP contribution in [0.25, 0.3) is 10.9 Å². The highest BCUT2D eigenvalue weighted by Gasteiger charge is 2.13. The number of benzene rings is 3. The van der Waals surface area contributed by atoms with Crippen molar-refractivity contribution >= 4 is 72.2 Å². The van der Waals surface area contributed by atoms with Gasteiger partial charge in [-0.25, -0.2) is 4.98 Å². The summed E-state index contributed by atoms with van der Waals surface area (Å²) in [5, 5.41) is 5.82. The van der Waals surface area contributed by atoms with E-state index < -0.39 is 0 Å². The summed E-state index contributed by atoms with van der Waals surface area (Å²) in [6, 6.07) is 14.3. The number of hydrogen-bond donors (Lipinski definition) is 0. The molecule has 0 fully saturated rings. The molecule has 0 saturated heterocycles. The Morgan fingerprint density at radius 2 is 1.86 bits per heavy atom. The van der Waals surface area contributed by atoms with Gasteiger partial charge in [0.05, 0.1) is 38.2 Å². The number of fused-ring (bicyclic) bond motifs is 1. The van der Waals surface area contributed by atoms with Gasteiger partial charge in [-0.1, -0.05) is 45.2 Å². The van der Waals surface area contributed by atoms with Gasteiger partial charge in [0.15, 0.2) is 11.5 Å². The van der Waals surface area contributed by atoms with E-state index in [0.29, 0.717) is 54.9 Å². The van der Waals surface area contributed by atoms with Crippen molar-refractivity contribution in [3.8, 4) is 11.5 Å². The van der Waals surface area contributed by atoms with E-state index in [9.17, 15) is 4.79 Å². The van der Waals surface area contributed by atoms with Crippen LogP contribution in [0.1, 0.15) is 23.9 Å². The molecule has 0 bridgehead atoms. The maximum absolute atomic E-state index is 13.0. The highest BCUT2D eigenvalue weighted by Crippen LogP contribution is 2.37. The molecule has 1 heterocycles. The number of halogens is 4. The molecule has 6 nitrogen and oxygen atoms in total. The van der Waals surface area contributed by atoms with E-state index in [0.717, 1.165) is 10.0 Å². The topological polar surface area (TPSA) is 65.7 Å². The van der Waals surface area contributed by atoms with E-state index in [4.69, 9.17) is 32.7 Å². The van der Waals surface area contributed by atoms with Crippen LogP contribution >= 0.6 is 55.1 Å². The van der Waals surface area contributed by atoms with Crippen molar-refractivity contribution in [2.75, 3.05) is 6.61 Å². The normalized spacial score (nSPS) is 11.4. The average molecular weight is 640 g/mol. The smallest absolute Gasteiger partial charge is 0.282 e. The van der Waals surface area contributed by atoms with Crippen molar-refractivity contribution in [1.29, 1.82) is 0 Å². The molecule has 0 aliphatic rings. The van der Waals surface area contributed by atoms with Crippen LogP contribution in [0.15, 0.2) is 67.4 Å². The lowest BCUT2D eigenvalue weighted by atomic mass is 10.2. The van der Waals surface area contributed by atoms with Crippen molar-refractivity contribution in [3.63, 3.8) is 0 Å². The quantitative estimate of drug-likeness (QED) is 0.198. The third-order valence-electron chi connectivity index (χ3n) is 4.99. The predicted octanol–water partition coefficient (Wildman–Crippen LogP) is 7.40. The summed E-state index contributed by atoms with van der Waals surface area (Å²) in [5.41, 5.74) is 1.94. The van der Waals surface area contributed by atoms with Crippen LogP contribution in [-0.2, 0) is 6.61 Å². The minimum absolute atomic E-state index is 0.254. The molecule has 0 N–H and O–H groups in total. The molecule has 1 aromatic heterocycles. The number of rotatable bonds is 7. The van der Waals surface area contributed by atoms with Gasteiger partial charge < -0.3 is 9.47 Å². The Kier molecular flexibility index (Phi) is 8.16. The second kappa shape index (κ2) is 11.1. The van der Waals surface area contributed by atoms with Crippen LogP contribution in [-0.4, -0.2) is 22.5 Å². The van der Waals surface area contributed by atoms with Gasteiger partial charge in [-0.15, -0.1) is 0 Å². The van der Waals surface area contributed by atoms with Gasteiger partial charge in [0.25, 0.3) is 5.56 Å². The monoisotopic (exact) mass is 637 g/mol. The van der Waals surface area contributed by atoms with E-state index in [1.807, 2.05) is 25.1 Å². The summed E-state index contributed by atoms with van der Waals surface area (Å²) in [7, 11) is 0. The first kappa shape index (κ1) is 25.7. The zero-order chi connectivity index (χ0) is 25.1. The number of aryl methyl sites for hydroxylation is 1. The Hall–Kier alpha value is -2.39. The van der Waals surface area contributed by atoms with Crippen LogP contribution < -0.4 is 15.0 Å². The van der Waals surface area contributed by atoms with Crippen LogP contribution in [0, 0.1) is 6.92 Å². The van der Waals surface area contributed by atoms with Crippen LogP contribution in [0.5, 0.6) is 11.5 Å². The molecule has 0 radical (unpaired) electrons. The first-order valence-electron chi connectivity index (χ1n) is 10.5. The van der Waals surface area contributed by atoms with Gasteiger partial charge in [-0.05, 0) is 83.4 Å². The minimum Gasteiger partial charge on any atom is -0.490 e. The largest absolute Gasteiger partial charge is 0.490 e. The lowest BCUT2D eigenvalue weighted by molar-refractivity contribution is 0.267. The Labute approximate surface area is 228 Å². The average Bonchev–Trinajstić information content (AvgIpc) is 2.81. The predicted molar refractivity (Wildman–Crippen MR) is 148 cm³/mol. The fourth-order valence-corrected chi connectivity index (χ4v) is 4.63. The molecule has 3 aromatic carbocycles. The summed E-state index contributed by atoms with van der Waals surface area (Å²) in [6.45, 7) is 4.34. The maximum atomic E-state index is 13.0. The summed E-state index contributed by atoms with van der Waals surface area (Å²) < 4.78 is 14.6. The Morgan fingerprint density at radius 1 is 1.06 bits per heavy atom. The highest BCUT2D eigenvalue weighted by atomic mass is 79.9. The second-order valence-electron chi connectivity index (χ2n) is 7.48. The summed E-state index contributed by atoms with van der Waals surface area (Å²) in [5.74, 6) is 1.56. The molecule has 4 aromatic rings. The van der Waals surface area contributed by atoms with E-state index in [2.05, 4.69) is 41.9 Å². The molecule has 0 unspecified atom stereocenters. The molecule has 0 amide bonds. The van der Waals surface area contributed by atoms with Gasteiger partial charge in [0, 0.05) is 4.47 Å². The number of nitrogens with zero attached hydrogens (tertiary/aromatic N) is 3. The summed E-state index contributed by atoms with van der Waals surface area (Å²) in [6.07, 6.45) is 1.58. The van der Waals surface area contributed by atoms with Gasteiger partial charge in [0.2, 0.25) is 0 Å². The third kappa shape index (κ3) is 5.89. The maximum Gasteiger partial charge on any atom is 0.282 e. The second-order valence-corrected chi connectivity index (χ2v) is 10.1. The Balaban J connectivity index is 1.65. The zero-order valence-corrected chi connectivity index (χ0v) is 23.4. The molecular formula is C25H19Br2Cl2N3O3. The van der Waals surface area contributed by atoms with Crippen molar-refractivity contribution < 1.29 is 9.47 Å². The molecule has 35 heavy (non-hydrogen) atoms. The summed E-state index contributed by atoms with van der Waals surface area (Å²) in [4.78, 5) is 17.5. The van der Waals surface area contributed by atoms with Crippen molar-refractivity contribution in [1.82, 2.24) is 9.66 Å². The van der Waals surface area contributed by atoms with E-state index >= 15 is 0 Å². The molecular weight excluding hydrogens is 621 g/mol. The lowest BCUT2D eigenvalue weighted by Gasteiger charge is -2.15.